The Bertz CT molecular complexity index is 629. The molecule has 0 saturated carbocycles. The molecule has 7 heteroatoms. The van der Waals surface area contributed by atoms with Crippen molar-refractivity contribution in [2.75, 3.05) is 5.73 Å². The number of pyridine rings is 2. The number of nitrogen functional groups attached to an aromatic ring is 1. The number of nitrogens with two attached hydrogens (primary N) is 1. The molecule has 2 rings (SSSR count). The Balaban J connectivity index is 2.13. The molecule has 0 aliphatic heterocycles. The molecule has 0 aromatic carbocycles. The van der Waals surface area contributed by atoms with Gasteiger partial charge in [-0.2, -0.15) is 0 Å². The molecule has 6 nitrogen and oxygen atoms in total. The van der Waals surface area contributed by atoms with Crippen molar-refractivity contribution in [2.45, 2.75) is 11.4 Å². The van der Waals surface area contributed by atoms with Gasteiger partial charge in [-0.05, 0) is 23.8 Å². The number of hydrogen-bond acceptors (Lipinski definition) is 5. The third kappa shape index (κ3) is 3.02. The molecular weight excluding hydrogens is 252 g/mol. The summed E-state index contributed by atoms with van der Waals surface area (Å²) >= 11 is 0. The van der Waals surface area contributed by atoms with Crippen LogP contribution in [-0.4, -0.2) is 18.4 Å². The molecule has 18 heavy (non-hydrogen) atoms. The summed E-state index contributed by atoms with van der Waals surface area (Å²) in [4.78, 5) is 7.66. The van der Waals surface area contributed by atoms with Gasteiger partial charge in [0.15, 0.2) is 0 Å². The van der Waals surface area contributed by atoms with E-state index in [1.54, 1.807) is 24.5 Å². The van der Waals surface area contributed by atoms with Crippen molar-refractivity contribution < 1.29 is 8.42 Å². The highest BCUT2D eigenvalue weighted by Gasteiger charge is 2.14. The molecule has 3 N–H and O–H groups in total. The van der Waals surface area contributed by atoms with E-state index < -0.39 is 10.0 Å². The van der Waals surface area contributed by atoms with E-state index in [0.29, 0.717) is 5.69 Å². The molecule has 0 aliphatic carbocycles. The molecule has 0 radical (unpaired) electrons. The van der Waals surface area contributed by atoms with Crippen LogP contribution in [0.4, 0.5) is 5.69 Å². The molecule has 2 aromatic heterocycles. The summed E-state index contributed by atoms with van der Waals surface area (Å²) in [6, 6.07) is 4.84. The Kier molecular flexibility index (Phi) is 3.54. The molecule has 94 valence electrons. The van der Waals surface area contributed by atoms with Crippen LogP contribution in [0.15, 0.2) is 47.9 Å². The minimum Gasteiger partial charge on any atom is -0.397 e. The first kappa shape index (κ1) is 12.5. The highest BCUT2D eigenvalue weighted by molar-refractivity contribution is 7.89. The van der Waals surface area contributed by atoms with Gasteiger partial charge in [0.05, 0.1) is 5.69 Å². The minimum atomic E-state index is -3.59. The van der Waals surface area contributed by atoms with Crippen molar-refractivity contribution in [3.8, 4) is 0 Å². The number of sulfonamides is 1. The minimum absolute atomic E-state index is 0.0524. The average molecular weight is 264 g/mol. The average Bonchev–Trinajstić information content (AvgIpc) is 2.38. The molecule has 0 atom stereocenters. The largest absolute Gasteiger partial charge is 0.397 e. The highest BCUT2D eigenvalue weighted by atomic mass is 32.2. The molecule has 0 unspecified atom stereocenters. The van der Waals surface area contributed by atoms with Crippen LogP contribution in [0.3, 0.4) is 0 Å². The van der Waals surface area contributed by atoms with Crippen molar-refractivity contribution >= 4 is 15.7 Å². The maximum absolute atomic E-state index is 11.9. The zero-order valence-corrected chi connectivity index (χ0v) is 10.3. The van der Waals surface area contributed by atoms with Gasteiger partial charge in [-0.3, -0.25) is 9.97 Å². The Morgan fingerprint density at radius 1 is 1.17 bits per heavy atom. The summed E-state index contributed by atoms with van der Waals surface area (Å²) in [5.41, 5.74) is 6.63. The Labute approximate surface area is 105 Å². The van der Waals surface area contributed by atoms with Gasteiger partial charge in [0, 0.05) is 31.3 Å². The molecule has 0 bridgehead atoms. The number of aromatic nitrogens is 2. The molecule has 2 heterocycles. The molecule has 0 aliphatic rings. The van der Waals surface area contributed by atoms with E-state index in [2.05, 4.69) is 14.7 Å². The summed E-state index contributed by atoms with van der Waals surface area (Å²) < 4.78 is 26.3. The summed E-state index contributed by atoms with van der Waals surface area (Å²) in [6.45, 7) is 0.194. The Hall–Kier alpha value is -1.99. The monoisotopic (exact) mass is 264 g/mol. The van der Waals surface area contributed by atoms with Crippen LogP contribution in [0.25, 0.3) is 0 Å². The summed E-state index contributed by atoms with van der Waals surface area (Å²) in [5.74, 6) is 0. The molecule has 0 amide bonds. The zero-order chi connectivity index (χ0) is 13.0. The highest BCUT2D eigenvalue weighted by Crippen LogP contribution is 2.11. The SMILES string of the molecule is Nc1cncc(S(=O)(=O)NCc2ccncc2)c1. The van der Waals surface area contributed by atoms with Gasteiger partial charge < -0.3 is 5.73 Å². The lowest BCUT2D eigenvalue weighted by molar-refractivity contribution is 0.581. The normalized spacial score (nSPS) is 11.3. The number of nitrogens with one attached hydrogen (secondary N) is 1. The first-order valence-electron chi connectivity index (χ1n) is 5.17. The van der Waals surface area contributed by atoms with Gasteiger partial charge in [0.1, 0.15) is 4.90 Å². The van der Waals surface area contributed by atoms with E-state index in [-0.39, 0.29) is 11.4 Å². The van der Waals surface area contributed by atoms with Crippen LogP contribution in [-0.2, 0) is 16.6 Å². The lowest BCUT2D eigenvalue weighted by atomic mass is 10.3. The molecule has 0 saturated heterocycles. The maximum atomic E-state index is 11.9. The first-order chi connectivity index (χ1) is 8.58. The predicted octanol–water partition coefficient (Wildman–Crippen LogP) is 0.537. The lowest BCUT2D eigenvalue weighted by Crippen LogP contribution is -2.23. The quantitative estimate of drug-likeness (QED) is 0.839. The predicted molar refractivity (Wildman–Crippen MR) is 66.9 cm³/mol. The fourth-order valence-corrected chi connectivity index (χ4v) is 2.36. The van der Waals surface area contributed by atoms with Crippen molar-refractivity contribution in [2.24, 2.45) is 0 Å². The molecule has 0 spiro atoms. The number of rotatable bonds is 4. The molecule has 2 aromatic rings. The number of anilines is 1. The van der Waals surface area contributed by atoms with Gasteiger partial charge in [-0.25, -0.2) is 13.1 Å². The van der Waals surface area contributed by atoms with Crippen LogP contribution in [0.5, 0.6) is 0 Å². The molecular formula is C11H12N4O2S. The second-order valence-electron chi connectivity index (χ2n) is 3.63. The topological polar surface area (TPSA) is 98.0 Å². The van der Waals surface area contributed by atoms with E-state index >= 15 is 0 Å². The van der Waals surface area contributed by atoms with E-state index in [4.69, 9.17) is 5.73 Å². The van der Waals surface area contributed by atoms with Crippen LogP contribution < -0.4 is 10.5 Å². The van der Waals surface area contributed by atoms with E-state index in [1.807, 2.05) is 0 Å². The Morgan fingerprint density at radius 2 is 1.89 bits per heavy atom. The third-order valence-electron chi connectivity index (χ3n) is 2.26. The van der Waals surface area contributed by atoms with Crippen LogP contribution >= 0.6 is 0 Å². The lowest BCUT2D eigenvalue weighted by Gasteiger charge is -2.06. The third-order valence-corrected chi connectivity index (χ3v) is 3.63. The number of nitrogens with zero attached hydrogens (tertiary/aromatic N) is 2. The fourth-order valence-electron chi connectivity index (χ4n) is 1.34. The van der Waals surface area contributed by atoms with Crippen molar-refractivity contribution in [1.29, 1.82) is 0 Å². The number of hydrogen-bond donors (Lipinski definition) is 2. The summed E-state index contributed by atoms with van der Waals surface area (Å²) in [6.07, 6.45) is 5.85. The van der Waals surface area contributed by atoms with Crippen molar-refractivity contribution in [3.63, 3.8) is 0 Å². The van der Waals surface area contributed by atoms with Gasteiger partial charge >= 0.3 is 0 Å². The van der Waals surface area contributed by atoms with E-state index in [9.17, 15) is 8.42 Å². The van der Waals surface area contributed by atoms with Crippen molar-refractivity contribution in [3.05, 3.63) is 48.5 Å². The second kappa shape index (κ2) is 5.11. The van der Waals surface area contributed by atoms with Crippen LogP contribution in [0.1, 0.15) is 5.56 Å². The van der Waals surface area contributed by atoms with E-state index in [0.717, 1.165) is 5.56 Å². The van der Waals surface area contributed by atoms with Gasteiger partial charge in [0.2, 0.25) is 10.0 Å². The summed E-state index contributed by atoms with van der Waals surface area (Å²) in [7, 11) is -3.59. The standard InChI is InChI=1S/C11H12N4O2S/c12-10-5-11(8-14-7-10)18(16,17)15-6-9-1-3-13-4-2-9/h1-5,7-8,15H,6,12H2. The van der Waals surface area contributed by atoms with Gasteiger partial charge in [-0.15, -0.1) is 0 Å². The van der Waals surface area contributed by atoms with Gasteiger partial charge in [-0.1, -0.05) is 0 Å². The summed E-state index contributed by atoms with van der Waals surface area (Å²) in [5, 5.41) is 0. The second-order valence-corrected chi connectivity index (χ2v) is 5.40. The smallest absolute Gasteiger partial charge is 0.242 e. The first-order valence-corrected chi connectivity index (χ1v) is 6.65. The Morgan fingerprint density at radius 3 is 2.56 bits per heavy atom. The van der Waals surface area contributed by atoms with E-state index in [1.165, 1.54) is 18.5 Å². The van der Waals surface area contributed by atoms with Crippen molar-refractivity contribution in [1.82, 2.24) is 14.7 Å². The van der Waals surface area contributed by atoms with Crippen LogP contribution in [0.2, 0.25) is 0 Å². The van der Waals surface area contributed by atoms with Gasteiger partial charge in [0.25, 0.3) is 0 Å². The fraction of sp³-hybridized carbons (Fsp3) is 0.0909. The maximum Gasteiger partial charge on any atom is 0.242 e. The zero-order valence-electron chi connectivity index (χ0n) is 9.45. The molecule has 0 fully saturated rings. The van der Waals surface area contributed by atoms with Crippen LogP contribution in [0, 0.1) is 0 Å².